The molecule has 0 saturated heterocycles. The summed E-state index contributed by atoms with van der Waals surface area (Å²) in [6, 6.07) is 55.3. The van der Waals surface area contributed by atoms with Crippen LogP contribution in [0.25, 0.3) is 83.9 Å². The first kappa shape index (κ1) is 45.4. The van der Waals surface area contributed by atoms with Crippen LogP contribution >= 0.6 is 0 Å². The van der Waals surface area contributed by atoms with Crippen LogP contribution in [0.5, 0.6) is 5.75 Å². The number of hydrogen-bond acceptors (Lipinski definition) is 3. The SMILES string of the molecule is [2H]C(C)(C)c1ccc(-c2ccnc(-c3cc(-c4cccc5c4nc(-c4cc(C(C)(C)C)cc(C(C)(C)C)c4O)n5-c4cc(-c5ccccc5)c(C([2H])(C)C)cc4-c4ccccc4)cc(C(C)(C)C)c3)c2)cc1. The zero-order valence-corrected chi connectivity index (χ0v) is 43.4. The summed E-state index contributed by atoms with van der Waals surface area (Å²) in [7, 11) is 0. The van der Waals surface area contributed by atoms with Gasteiger partial charge in [-0.3, -0.25) is 9.55 Å². The smallest absolute Gasteiger partial charge is 0.149 e. The van der Waals surface area contributed by atoms with Gasteiger partial charge in [-0.2, -0.15) is 0 Å². The Kier molecular flexibility index (Phi) is 11.9. The molecule has 0 atom stereocenters. The topological polar surface area (TPSA) is 50.9 Å². The summed E-state index contributed by atoms with van der Waals surface area (Å²) in [5.74, 6) is -0.781. The molecule has 4 heteroatoms. The molecular formula is C66H69N3O. The van der Waals surface area contributed by atoms with E-state index in [9.17, 15) is 6.48 Å². The summed E-state index contributed by atoms with van der Waals surface area (Å²) in [6.45, 7) is 27.6. The standard InChI is InChI=1S/C66H69N3O/c1-41(2)43-27-29-44(30-28-43)47-31-32-67-58(36-47)49-33-48(34-50(35-49)64(5,6)7)52-25-20-26-59-61(52)68-63(56-37-51(65(8,9)10)38-57(62(56)70)66(11,12)13)69(59)60-40-54(45-21-16-14-17-22-45)53(42(3)4)39-55(60)46-23-18-15-19-24-46/h14-42,70H,1-13H3/i41D,42D. The summed E-state index contributed by atoms with van der Waals surface area (Å²) >= 11 is 0. The van der Waals surface area contributed by atoms with Crippen molar-refractivity contribution in [1.29, 1.82) is 0 Å². The molecule has 9 aromatic rings. The molecule has 0 bridgehead atoms. The van der Waals surface area contributed by atoms with Gasteiger partial charge in [0.25, 0.3) is 0 Å². The quantitative estimate of drug-likeness (QED) is 0.157. The Hall–Kier alpha value is -7.04. The minimum Gasteiger partial charge on any atom is -0.507 e. The summed E-state index contributed by atoms with van der Waals surface area (Å²) in [6.07, 6.45) is 1.89. The lowest BCUT2D eigenvalue weighted by Gasteiger charge is -2.28. The van der Waals surface area contributed by atoms with Crippen LogP contribution in [-0.2, 0) is 16.2 Å². The molecule has 0 radical (unpaired) electrons. The predicted molar refractivity (Wildman–Crippen MR) is 297 cm³/mol. The minimum atomic E-state index is -0.935. The molecule has 0 aliphatic rings. The number of pyridine rings is 1. The van der Waals surface area contributed by atoms with Gasteiger partial charge in [-0.1, -0.05) is 199 Å². The zero-order valence-electron chi connectivity index (χ0n) is 45.4. The lowest BCUT2D eigenvalue weighted by molar-refractivity contribution is 0.446. The highest BCUT2D eigenvalue weighted by atomic mass is 16.3. The number of imidazole rings is 1. The Balaban J connectivity index is 1.38. The molecule has 0 saturated carbocycles. The van der Waals surface area contributed by atoms with Crippen LogP contribution in [0.4, 0.5) is 0 Å². The Morgan fingerprint density at radius 2 is 1.10 bits per heavy atom. The number of hydrogen-bond donors (Lipinski definition) is 1. The molecule has 2 aromatic heterocycles. The van der Waals surface area contributed by atoms with Crippen LogP contribution in [0.2, 0.25) is 0 Å². The fourth-order valence-corrected chi connectivity index (χ4v) is 9.59. The molecule has 0 amide bonds. The minimum absolute atomic E-state index is 0.200. The van der Waals surface area contributed by atoms with Crippen molar-refractivity contribution >= 4 is 11.0 Å². The molecule has 4 nitrogen and oxygen atoms in total. The van der Waals surface area contributed by atoms with Crippen LogP contribution in [0.15, 0.2) is 164 Å². The van der Waals surface area contributed by atoms with E-state index in [0.29, 0.717) is 11.4 Å². The number of phenols is 1. The maximum atomic E-state index is 12.8. The maximum absolute atomic E-state index is 12.8. The molecule has 0 aliphatic carbocycles. The first-order valence-electron chi connectivity index (χ1n) is 25.7. The van der Waals surface area contributed by atoms with Gasteiger partial charge < -0.3 is 5.11 Å². The first-order valence-corrected chi connectivity index (χ1v) is 24.7. The molecule has 2 heterocycles. The number of aromatic hydroxyl groups is 1. The van der Waals surface area contributed by atoms with Crippen molar-refractivity contribution in [2.75, 3.05) is 0 Å². The van der Waals surface area contributed by atoms with Gasteiger partial charge >= 0.3 is 0 Å². The van der Waals surface area contributed by atoms with E-state index in [2.05, 4.69) is 194 Å². The zero-order chi connectivity index (χ0) is 51.7. The molecule has 7 aromatic carbocycles. The van der Waals surface area contributed by atoms with Gasteiger partial charge in [0.15, 0.2) is 0 Å². The van der Waals surface area contributed by atoms with Crippen LogP contribution in [0.1, 0.15) is 132 Å². The number of aromatic nitrogens is 3. The van der Waals surface area contributed by atoms with Gasteiger partial charge in [-0.15, -0.1) is 0 Å². The monoisotopic (exact) mass is 922 g/mol. The second-order valence-electron chi connectivity index (χ2n) is 22.6. The molecule has 0 aliphatic heterocycles. The lowest BCUT2D eigenvalue weighted by Crippen LogP contribution is -2.17. The van der Waals surface area contributed by atoms with Crippen molar-refractivity contribution in [3.05, 3.63) is 192 Å². The molecule has 1 N–H and O–H groups in total. The van der Waals surface area contributed by atoms with Gasteiger partial charge in [0.1, 0.15) is 11.6 Å². The number of phenolic OH excluding ortho intramolecular Hbond substituents is 1. The Morgan fingerprint density at radius 3 is 1.70 bits per heavy atom. The van der Waals surface area contributed by atoms with E-state index in [-0.39, 0.29) is 22.0 Å². The van der Waals surface area contributed by atoms with E-state index < -0.39 is 11.8 Å². The second-order valence-corrected chi connectivity index (χ2v) is 22.6. The Morgan fingerprint density at radius 1 is 0.486 bits per heavy atom. The summed E-state index contributed by atoms with van der Waals surface area (Å²) < 4.78 is 20.4. The summed E-state index contributed by atoms with van der Waals surface area (Å²) in [5, 5.41) is 12.8. The van der Waals surface area contributed by atoms with Crippen LogP contribution in [0.3, 0.4) is 0 Å². The third-order valence-electron chi connectivity index (χ3n) is 13.8. The normalized spacial score (nSPS) is 13.1. The van der Waals surface area contributed by atoms with Gasteiger partial charge in [0, 0.05) is 31.2 Å². The highest BCUT2D eigenvalue weighted by Crippen LogP contribution is 2.47. The summed E-state index contributed by atoms with van der Waals surface area (Å²) in [5.41, 5.74) is 17.3. The number of benzene rings is 7. The van der Waals surface area contributed by atoms with Crippen molar-refractivity contribution in [2.45, 2.75) is 118 Å². The van der Waals surface area contributed by atoms with Gasteiger partial charge in [-0.05, 0) is 132 Å². The van der Waals surface area contributed by atoms with E-state index in [1.165, 1.54) is 5.56 Å². The van der Waals surface area contributed by atoms with Crippen molar-refractivity contribution in [3.63, 3.8) is 0 Å². The van der Waals surface area contributed by atoms with Gasteiger partial charge in [-0.25, -0.2) is 4.98 Å². The number of fused-ring (bicyclic) bond motifs is 1. The molecule has 354 valence electrons. The van der Waals surface area contributed by atoms with E-state index in [0.717, 1.165) is 94.7 Å². The van der Waals surface area contributed by atoms with Crippen molar-refractivity contribution in [2.24, 2.45) is 0 Å². The van der Waals surface area contributed by atoms with Crippen molar-refractivity contribution in [1.82, 2.24) is 14.5 Å². The van der Waals surface area contributed by atoms with Crippen LogP contribution < -0.4 is 0 Å². The number of para-hydroxylation sites is 1. The first-order chi connectivity index (χ1) is 33.8. The average molecular weight is 922 g/mol. The molecule has 0 unspecified atom stereocenters. The summed E-state index contributed by atoms with van der Waals surface area (Å²) in [4.78, 5) is 10.7. The Labute approximate surface area is 420 Å². The van der Waals surface area contributed by atoms with E-state index in [4.69, 9.17) is 11.3 Å². The van der Waals surface area contributed by atoms with Crippen molar-refractivity contribution in [3.8, 4) is 78.6 Å². The fraction of sp³-hybridized carbons (Fsp3) is 0.273. The fourth-order valence-electron chi connectivity index (χ4n) is 9.59. The highest BCUT2D eigenvalue weighted by Gasteiger charge is 2.30. The van der Waals surface area contributed by atoms with E-state index in [1.54, 1.807) is 0 Å². The van der Waals surface area contributed by atoms with Crippen LogP contribution in [0, 0.1) is 0 Å². The number of nitrogens with zero attached hydrogens (tertiary/aromatic N) is 3. The molecule has 9 rings (SSSR count). The number of rotatable bonds is 9. The lowest BCUT2D eigenvalue weighted by atomic mass is 9.79. The largest absolute Gasteiger partial charge is 0.507 e. The highest BCUT2D eigenvalue weighted by molar-refractivity contribution is 5.98. The van der Waals surface area contributed by atoms with Crippen LogP contribution in [-0.4, -0.2) is 19.6 Å². The van der Waals surface area contributed by atoms with Gasteiger partial charge in [0.2, 0.25) is 0 Å². The predicted octanol–water partition coefficient (Wildman–Crippen LogP) is 18.3. The Bertz CT molecular complexity index is 3460. The maximum Gasteiger partial charge on any atom is 0.149 e. The molecule has 0 spiro atoms. The third kappa shape index (κ3) is 9.37. The third-order valence-corrected chi connectivity index (χ3v) is 13.8. The molecule has 70 heavy (non-hydrogen) atoms. The van der Waals surface area contributed by atoms with Crippen molar-refractivity contribution < 1.29 is 7.85 Å². The van der Waals surface area contributed by atoms with Gasteiger partial charge in [0.05, 0.1) is 28.0 Å². The van der Waals surface area contributed by atoms with E-state index >= 15 is 0 Å². The second kappa shape index (κ2) is 18.4. The molecule has 0 fully saturated rings. The average Bonchev–Trinajstić information content (AvgIpc) is 3.72. The molecular weight excluding hydrogens is 851 g/mol. The van der Waals surface area contributed by atoms with E-state index in [1.807, 2.05) is 64.2 Å².